The summed E-state index contributed by atoms with van der Waals surface area (Å²) < 4.78 is 1.42. The molecule has 0 N–H and O–H groups in total. The second-order valence-corrected chi connectivity index (χ2v) is 7.44. The number of rotatable bonds is 6. The average molecular weight is 334 g/mol. The number of thiophene rings is 1. The Morgan fingerprint density at radius 3 is 2.58 bits per heavy atom. The quantitative estimate of drug-likeness (QED) is 0.617. The average Bonchev–Trinajstić information content (AvgIpc) is 3.26. The molecule has 0 amide bonds. The van der Waals surface area contributed by atoms with Gasteiger partial charge in [-0.15, -0.1) is 11.3 Å². The topological polar surface area (TPSA) is 16.1 Å². The molecule has 0 aliphatic carbocycles. The first-order valence-electron chi connectivity index (χ1n) is 8.67. The fourth-order valence-corrected chi connectivity index (χ4v) is 4.63. The van der Waals surface area contributed by atoms with Crippen molar-refractivity contribution in [2.75, 3.05) is 19.6 Å². The maximum Gasteiger partial charge on any atom is 0.0406 e. The van der Waals surface area contributed by atoms with Gasteiger partial charge in [-0.1, -0.05) is 36.4 Å². The molecule has 1 aliphatic heterocycles. The van der Waals surface area contributed by atoms with E-state index in [1.807, 2.05) is 23.6 Å². The van der Waals surface area contributed by atoms with E-state index in [-0.39, 0.29) is 0 Å². The van der Waals surface area contributed by atoms with E-state index >= 15 is 0 Å². The van der Waals surface area contributed by atoms with Gasteiger partial charge >= 0.3 is 0 Å². The van der Waals surface area contributed by atoms with Crippen LogP contribution in [0, 0.1) is 0 Å². The largest absolute Gasteiger partial charge is 0.296 e. The Kier molecular flexibility index (Phi) is 4.72. The summed E-state index contributed by atoms with van der Waals surface area (Å²) in [7, 11) is 0. The Morgan fingerprint density at radius 1 is 0.917 bits per heavy atom. The minimum atomic E-state index is 1.01. The van der Waals surface area contributed by atoms with Crippen LogP contribution in [0.15, 0.2) is 60.8 Å². The van der Waals surface area contributed by atoms with E-state index in [0.717, 1.165) is 38.9 Å². The van der Waals surface area contributed by atoms with E-state index in [1.54, 1.807) is 4.88 Å². The zero-order chi connectivity index (χ0) is 16.2. The third-order valence-corrected chi connectivity index (χ3v) is 5.96. The van der Waals surface area contributed by atoms with E-state index in [0.29, 0.717) is 0 Å². The second kappa shape index (κ2) is 7.29. The fourth-order valence-electron chi connectivity index (χ4n) is 3.39. The van der Waals surface area contributed by atoms with Gasteiger partial charge in [0.25, 0.3) is 0 Å². The SMILES string of the molecule is C1=CCN(CCc2sc3ccccc3c2CCc2ccccn2)C1. The normalized spacial score (nSPS) is 14.7. The molecule has 0 fully saturated rings. The van der Waals surface area contributed by atoms with E-state index in [1.165, 1.54) is 21.3 Å². The maximum atomic E-state index is 4.48. The molecule has 3 aromatic rings. The second-order valence-electron chi connectivity index (χ2n) is 6.30. The van der Waals surface area contributed by atoms with Gasteiger partial charge in [0.1, 0.15) is 0 Å². The van der Waals surface area contributed by atoms with Crippen molar-refractivity contribution in [3.05, 3.63) is 76.9 Å². The molecule has 24 heavy (non-hydrogen) atoms. The van der Waals surface area contributed by atoms with Crippen LogP contribution < -0.4 is 0 Å². The van der Waals surface area contributed by atoms with Gasteiger partial charge in [0.05, 0.1) is 0 Å². The molecule has 0 saturated heterocycles. The van der Waals surface area contributed by atoms with Gasteiger partial charge in [0.15, 0.2) is 0 Å². The van der Waals surface area contributed by atoms with Gasteiger partial charge in [0.2, 0.25) is 0 Å². The molecule has 3 heteroatoms. The van der Waals surface area contributed by atoms with Crippen molar-refractivity contribution < 1.29 is 0 Å². The monoisotopic (exact) mass is 334 g/mol. The Bertz CT molecular complexity index is 827. The van der Waals surface area contributed by atoms with Crippen molar-refractivity contribution in [1.29, 1.82) is 0 Å². The smallest absolute Gasteiger partial charge is 0.0406 e. The highest BCUT2D eigenvalue weighted by Gasteiger charge is 2.14. The maximum absolute atomic E-state index is 4.48. The summed E-state index contributed by atoms with van der Waals surface area (Å²) in [5, 5.41) is 1.44. The zero-order valence-electron chi connectivity index (χ0n) is 13.8. The van der Waals surface area contributed by atoms with Crippen LogP contribution >= 0.6 is 11.3 Å². The standard InChI is InChI=1S/C21H22N2S/c1-2-9-20-18(8-1)19(11-10-17-7-3-4-13-22-17)21(24-20)12-16-23-14-5-6-15-23/h1-9,13H,10-12,14-16H2. The van der Waals surface area contributed by atoms with Crippen LogP contribution in [-0.2, 0) is 19.3 Å². The molecule has 4 rings (SSSR count). The minimum Gasteiger partial charge on any atom is -0.296 e. The van der Waals surface area contributed by atoms with Crippen LogP contribution in [0.3, 0.4) is 0 Å². The summed E-state index contributed by atoms with van der Waals surface area (Å²) in [5.41, 5.74) is 2.72. The third-order valence-electron chi connectivity index (χ3n) is 4.69. The molecule has 0 unspecified atom stereocenters. The molecule has 1 aliphatic rings. The lowest BCUT2D eigenvalue weighted by Gasteiger charge is -2.14. The molecule has 2 aromatic heterocycles. The highest BCUT2D eigenvalue weighted by atomic mass is 32.1. The van der Waals surface area contributed by atoms with Gasteiger partial charge < -0.3 is 0 Å². The van der Waals surface area contributed by atoms with Crippen LogP contribution in [-0.4, -0.2) is 29.5 Å². The number of fused-ring (bicyclic) bond motifs is 1. The highest BCUT2D eigenvalue weighted by molar-refractivity contribution is 7.19. The molecule has 2 nitrogen and oxygen atoms in total. The first-order valence-corrected chi connectivity index (χ1v) is 9.48. The molecule has 0 radical (unpaired) electrons. The molecule has 0 atom stereocenters. The Labute approximate surface area is 147 Å². The molecule has 0 spiro atoms. The molecule has 0 saturated carbocycles. The predicted octanol–water partition coefficient (Wildman–Crippen LogP) is 4.50. The van der Waals surface area contributed by atoms with Crippen molar-refractivity contribution in [1.82, 2.24) is 9.88 Å². The number of aromatic nitrogens is 1. The Balaban J connectivity index is 1.55. The Hall–Kier alpha value is -1.97. The Morgan fingerprint density at radius 2 is 1.75 bits per heavy atom. The number of pyridine rings is 1. The fraction of sp³-hybridized carbons (Fsp3) is 0.286. The number of aryl methyl sites for hydroxylation is 2. The number of hydrogen-bond donors (Lipinski definition) is 0. The molecular formula is C21H22N2S. The van der Waals surface area contributed by atoms with Crippen LogP contribution in [0.25, 0.3) is 10.1 Å². The van der Waals surface area contributed by atoms with E-state index in [2.05, 4.69) is 58.4 Å². The molecular weight excluding hydrogens is 312 g/mol. The molecule has 3 heterocycles. The van der Waals surface area contributed by atoms with Crippen LogP contribution in [0.1, 0.15) is 16.1 Å². The lowest BCUT2D eigenvalue weighted by molar-refractivity contribution is 0.358. The minimum absolute atomic E-state index is 1.01. The van der Waals surface area contributed by atoms with Crippen LogP contribution in [0.4, 0.5) is 0 Å². The summed E-state index contributed by atoms with van der Waals surface area (Å²) in [6, 6.07) is 15.0. The lowest BCUT2D eigenvalue weighted by atomic mass is 10.0. The highest BCUT2D eigenvalue weighted by Crippen LogP contribution is 2.32. The van der Waals surface area contributed by atoms with E-state index in [4.69, 9.17) is 0 Å². The van der Waals surface area contributed by atoms with Gasteiger partial charge in [0, 0.05) is 41.1 Å². The predicted molar refractivity (Wildman–Crippen MR) is 103 cm³/mol. The van der Waals surface area contributed by atoms with Gasteiger partial charge in [-0.05, 0) is 48.4 Å². The van der Waals surface area contributed by atoms with Crippen molar-refractivity contribution in [2.45, 2.75) is 19.3 Å². The molecule has 122 valence electrons. The lowest BCUT2D eigenvalue weighted by Crippen LogP contribution is -2.22. The van der Waals surface area contributed by atoms with Crippen LogP contribution in [0.5, 0.6) is 0 Å². The first kappa shape index (κ1) is 15.6. The summed E-state index contributed by atoms with van der Waals surface area (Å²) in [5.74, 6) is 0. The zero-order valence-corrected chi connectivity index (χ0v) is 14.6. The summed E-state index contributed by atoms with van der Waals surface area (Å²) in [6.45, 7) is 3.36. The van der Waals surface area contributed by atoms with Crippen LogP contribution in [0.2, 0.25) is 0 Å². The summed E-state index contributed by atoms with van der Waals surface area (Å²) in [4.78, 5) is 8.55. The van der Waals surface area contributed by atoms with E-state index < -0.39 is 0 Å². The van der Waals surface area contributed by atoms with Gasteiger partial charge in [-0.3, -0.25) is 9.88 Å². The third kappa shape index (κ3) is 3.42. The number of nitrogens with zero attached hydrogens (tertiary/aromatic N) is 2. The first-order chi connectivity index (χ1) is 11.9. The molecule has 1 aromatic carbocycles. The van der Waals surface area contributed by atoms with E-state index in [9.17, 15) is 0 Å². The van der Waals surface area contributed by atoms with Crippen molar-refractivity contribution in [3.63, 3.8) is 0 Å². The summed E-state index contributed by atoms with van der Waals surface area (Å²) >= 11 is 1.97. The van der Waals surface area contributed by atoms with Gasteiger partial charge in [-0.25, -0.2) is 0 Å². The summed E-state index contributed by atoms with van der Waals surface area (Å²) in [6.07, 6.45) is 9.68. The van der Waals surface area contributed by atoms with Crippen molar-refractivity contribution in [3.8, 4) is 0 Å². The van der Waals surface area contributed by atoms with Crippen molar-refractivity contribution in [2.24, 2.45) is 0 Å². The van der Waals surface area contributed by atoms with Gasteiger partial charge in [-0.2, -0.15) is 0 Å². The number of benzene rings is 1. The van der Waals surface area contributed by atoms with Crippen molar-refractivity contribution >= 4 is 21.4 Å². The molecule has 0 bridgehead atoms. The number of hydrogen-bond acceptors (Lipinski definition) is 3.